The highest BCUT2D eigenvalue weighted by Crippen LogP contribution is 2.32. The molecule has 4 rings (SSSR count). The summed E-state index contributed by atoms with van der Waals surface area (Å²) in [6.45, 7) is 1.98. The number of aryl methyl sites for hydroxylation is 1. The number of fused-ring (bicyclic) bond motifs is 1. The Morgan fingerprint density at radius 3 is 2.83 bits per heavy atom. The first-order chi connectivity index (χ1) is 14.4. The molecule has 0 bridgehead atoms. The van der Waals surface area contributed by atoms with E-state index >= 15 is 0 Å². The molecule has 4 aromatic rings. The second-order valence-corrected chi connectivity index (χ2v) is 6.86. The van der Waals surface area contributed by atoms with Gasteiger partial charge in [0.05, 0.1) is 16.1 Å². The normalized spacial score (nSPS) is 11.0. The van der Waals surface area contributed by atoms with Gasteiger partial charge in [0.15, 0.2) is 0 Å². The molecular weight excluding hydrogens is 389 g/mol. The van der Waals surface area contributed by atoms with Crippen molar-refractivity contribution in [2.24, 2.45) is 0 Å². The van der Waals surface area contributed by atoms with Crippen molar-refractivity contribution in [1.29, 1.82) is 0 Å². The van der Waals surface area contributed by atoms with Gasteiger partial charge in [-0.3, -0.25) is 14.9 Å². The number of furan rings is 1. The molecule has 2 N–H and O–H groups in total. The van der Waals surface area contributed by atoms with Crippen LogP contribution in [0.15, 0.2) is 59.1 Å². The number of carbonyl (C=O) groups excluding carboxylic acids is 1. The van der Waals surface area contributed by atoms with Crippen LogP contribution in [0.25, 0.3) is 22.2 Å². The molecule has 0 spiro atoms. The zero-order valence-electron chi connectivity index (χ0n) is 16.1. The maximum atomic E-state index is 13.5. The van der Waals surface area contributed by atoms with Crippen LogP contribution in [0.5, 0.6) is 0 Å². The molecule has 0 aliphatic heterocycles. The van der Waals surface area contributed by atoms with Crippen molar-refractivity contribution in [2.45, 2.75) is 13.3 Å². The molecule has 0 atom stereocenters. The highest BCUT2D eigenvalue weighted by molar-refractivity contribution is 5.96. The van der Waals surface area contributed by atoms with Gasteiger partial charge in [-0.1, -0.05) is 12.1 Å². The number of amides is 1. The zero-order valence-corrected chi connectivity index (χ0v) is 16.1. The van der Waals surface area contributed by atoms with Crippen molar-refractivity contribution in [3.8, 4) is 11.3 Å². The minimum absolute atomic E-state index is 0.0928. The molecule has 0 saturated carbocycles. The van der Waals surface area contributed by atoms with Crippen molar-refractivity contribution in [3.05, 3.63) is 87.5 Å². The lowest BCUT2D eigenvalue weighted by atomic mass is 10.1. The Bertz CT molecular complexity index is 1260. The van der Waals surface area contributed by atoms with Crippen LogP contribution in [0.3, 0.4) is 0 Å². The second kappa shape index (κ2) is 7.82. The minimum Gasteiger partial charge on any atom is -0.460 e. The molecule has 1 amide bonds. The number of hydrogen-bond donors (Lipinski definition) is 2. The van der Waals surface area contributed by atoms with Crippen molar-refractivity contribution in [2.75, 3.05) is 6.54 Å². The van der Waals surface area contributed by atoms with Crippen LogP contribution in [0, 0.1) is 22.9 Å². The number of benzene rings is 2. The number of nitro groups is 1. The Hall–Kier alpha value is -3.94. The van der Waals surface area contributed by atoms with Crippen molar-refractivity contribution >= 4 is 22.5 Å². The summed E-state index contributed by atoms with van der Waals surface area (Å²) in [5.74, 6) is -0.0251. The molecule has 2 aromatic carbocycles. The standard InChI is InChI=1S/C22H18FN3O4/c1-13-17(11-21(30-13)16-4-2-3-5-20(16)26(28)29)22(27)24-9-8-14-12-25-19-7-6-15(23)10-18(14)19/h2-7,10-12,25H,8-9H2,1H3,(H,24,27). The highest BCUT2D eigenvalue weighted by atomic mass is 19.1. The second-order valence-electron chi connectivity index (χ2n) is 6.86. The van der Waals surface area contributed by atoms with Crippen LogP contribution in [-0.4, -0.2) is 22.4 Å². The molecule has 8 heteroatoms. The molecule has 0 radical (unpaired) electrons. The Labute approximate surface area is 170 Å². The van der Waals surface area contributed by atoms with Crippen molar-refractivity contribution in [3.63, 3.8) is 0 Å². The molecule has 2 aromatic heterocycles. The minimum atomic E-state index is -0.489. The molecule has 0 unspecified atom stereocenters. The number of aromatic amines is 1. The van der Waals surface area contributed by atoms with Gasteiger partial charge in [0.1, 0.15) is 17.3 Å². The van der Waals surface area contributed by atoms with Crippen molar-refractivity contribution < 1.29 is 18.5 Å². The molecule has 0 aliphatic carbocycles. The number of carbonyl (C=O) groups is 1. The Morgan fingerprint density at radius 1 is 1.23 bits per heavy atom. The number of H-pyrrole nitrogens is 1. The van der Waals surface area contributed by atoms with Crippen LogP contribution in [0.4, 0.5) is 10.1 Å². The van der Waals surface area contributed by atoms with Gasteiger partial charge < -0.3 is 14.7 Å². The predicted octanol–water partition coefficient (Wildman–Crippen LogP) is 4.76. The fourth-order valence-corrected chi connectivity index (χ4v) is 3.44. The number of nitrogens with zero attached hydrogens (tertiary/aromatic N) is 1. The molecular formula is C22H18FN3O4. The van der Waals surface area contributed by atoms with E-state index in [0.717, 1.165) is 16.5 Å². The molecule has 0 fully saturated rings. The van der Waals surface area contributed by atoms with E-state index in [2.05, 4.69) is 10.3 Å². The summed E-state index contributed by atoms with van der Waals surface area (Å²) in [6.07, 6.45) is 2.31. The third kappa shape index (κ3) is 3.67. The molecule has 152 valence electrons. The fourth-order valence-electron chi connectivity index (χ4n) is 3.44. The molecule has 7 nitrogen and oxygen atoms in total. The zero-order chi connectivity index (χ0) is 21.3. The van der Waals surface area contributed by atoms with Crippen LogP contribution in [0.1, 0.15) is 21.7 Å². The van der Waals surface area contributed by atoms with E-state index in [0.29, 0.717) is 29.9 Å². The maximum Gasteiger partial charge on any atom is 0.280 e. The fraction of sp³-hybridized carbons (Fsp3) is 0.136. The van der Waals surface area contributed by atoms with E-state index in [9.17, 15) is 19.3 Å². The summed E-state index contributed by atoms with van der Waals surface area (Å²) in [4.78, 5) is 26.4. The lowest BCUT2D eigenvalue weighted by Crippen LogP contribution is -2.25. The van der Waals surface area contributed by atoms with E-state index in [1.807, 2.05) is 0 Å². The van der Waals surface area contributed by atoms with Crippen LogP contribution < -0.4 is 5.32 Å². The first-order valence-corrected chi connectivity index (χ1v) is 9.32. The van der Waals surface area contributed by atoms with Gasteiger partial charge in [0.25, 0.3) is 11.6 Å². The summed E-state index contributed by atoms with van der Waals surface area (Å²) < 4.78 is 19.1. The number of hydrogen-bond acceptors (Lipinski definition) is 4. The van der Waals surface area contributed by atoms with E-state index < -0.39 is 4.92 Å². The van der Waals surface area contributed by atoms with Crippen LogP contribution in [0.2, 0.25) is 0 Å². The van der Waals surface area contributed by atoms with Gasteiger partial charge in [0, 0.05) is 29.7 Å². The monoisotopic (exact) mass is 407 g/mol. The number of nitro benzene ring substituents is 1. The number of halogens is 1. The maximum absolute atomic E-state index is 13.5. The summed E-state index contributed by atoms with van der Waals surface area (Å²) in [5, 5.41) is 14.8. The van der Waals surface area contributed by atoms with Gasteiger partial charge >= 0.3 is 0 Å². The first kappa shape index (κ1) is 19.4. The van der Waals surface area contributed by atoms with Gasteiger partial charge in [0.2, 0.25) is 0 Å². The Morgan fingerprint density at radius 2 is 2.03 bits per heavy atom. The van der Waals surface area contributed by atoms with E-state index in [4.69, 9.17) is 4.42 Å². The van der Waals surface area contributed by atoms with E-state index in [1.165, 1.54) is 24.3 Å². The lowest BCUT2D eigenvalue weighted by molar-refractivity contribution is -0.384. The predicted molar refractivity (Wildman–Crippen MR) is 110 cm³/mol. The third-order valence-corrected chi connectivity index (χ3v) is 4.94. The summed E-state index contributed by atoms with van der Waals surface area (Å²) in [7, 11) is 0. The third-order valence-electron chi connectivity index (χ3n) is 4.94. The van der Waals surface area contributed by atoms with Crippen LogP contribution >= 0.6 is 0 Å². The summed E-state index contributed by atoms with van der Waals surface area (Å²) in [5.41, 5.74) is 2.26. The molecule has 0 saturated heterocycles. The topological polar surface area (TPSA) is 101 Å². The van der Waals surface area contributed by atoms with E-state index in [1.54, 1.807) is 37.4 Å². The first-order valence-electron chi connectivity index (χ1n) is 9.32. The molecule has 0 aliphatic rings. The number of aromatic nitrogens is 1. The van der Waals surface area contributed by atoms with Crippen molar-refractivity contribution in [1.82, 2.24) is 10.3 Å². The molecule has 2 heterocycles. The average molecular weight is 407 g/mol. The van der Waals surface area contributed by atoms with Gasteiger partial charge in [-0.05, 0) is 49.2 Å². The highest BCUT2D eigenvalue weighted by Gasteiger charge is 2.21. The van der Waals surface area contributed by atoms with Gasteiger partial charge in [-0.15, -0.1) is 0 Å². The number of nitrogens with one attached hydrogen (secondary N) is 2. The molecule has 30 heavy (non-hydrogen) atoms. The number of para-hydroxylation sites is 1. The largest absolute Gasteiger partial charge is 0.460 e. The SMILES string of the molecule is Cc1oc(-c2ccccc2[N+](=O)[O-])cc1C(=O)NCCc1c[nH]c2ccc(F)cc12. The quantitative estimate of drug-likeness (QED) is 0.355. The smallest absolute Gasteiger partial charge is 0.280 e. The average Bonchev–Trinajstić information content (AvgIpc) is 3.31. The Kier molecular flexibility index (Phi) is 5.05. The van der Waals surface area contributed by atoms with Gasteiger partial charge in [-0.2, -0.15) is 0 Å². The van der Waals surface area contributed by atoms with Crippen LogP contribution in [-0.2, 0) is 6.42 Å². The van der Waals surface area contributed by atoms with E-state index in [-0.39, 0.29) is 23.2 Å². The number of rotatable bonds is 6. The summed E-state index contributed by atoms with van der Waals surface area (Å²) in [6, 6.07) is 12.2. The van der Waals surface area contributed by atoms with Gasteiger partial charge in [-0.25, -0.2) is 4.39 Å². The lowest BCUT2D eigenvalue weighted by Gasteiger charge is -2.04. The Balaban J connectivity index is 1.48. The summed E-state index contributed by atoms with van der Waals surface area (Å²) >= 11 is 0.